The van der Waals surface area contributed by atoms with Crippen LogP contribution in [0.3, 0.4) is 0 Å². The van der Waals surface area contributed by atoms with Crippen molar-refractivity contribution >= 4 is 6.09 Å². The fourth-order valence-electron chi connectivity index (χ4n) is 3.58. The highest BCUT2D eigenvalue weighted by atomic mass is 16.6. The van der Waals surface area contributed by atoms with Crippen LogP contribution in [0.15, 0.2) is 30.3 Å². The van der Waals surface area contributed by atoms with Gasteiger partial charge in [-0.1, -0.05) is 30.3 Å². The molecule has 1 amide bonds. The molecule has 0 spiro atoms. The van der Waals surface area contributed by atoms with E-state index < -0.39 is 11.7 Å². The molecule has 0 aromatic heterocycles. The van der Waals surface area contributed by atoms with Gasteiger partial charge in [-0.15, -0.1) is 0 Å². The van der Waals surface area contributed by atoms with Crippen LogP contribution in [0, 0.1) is 0 Å². The maximum absolute atomic E-state index is 12.5. The Morgan fingerprint density at radius 1 is 1.26 bits per heavy atom. The van der Waals surface area contributed by atoms with E-state index in [4.69, 9.17) is 4.74 Å². The predicted octanol–water partition coefficient (Wildman–Crippen LogP) is 2.24. The standard InChI is InChI=1S/C18H26N2O3/c1-18(2,3)23-17(22)20-14-9-16(21)15(20)12-19(11-14)10-13-7-5-4-6-8-13/h4-8,14-16,21H,9-12H2,1-3H3. The Morgan fingerprint density at radius 3 is 2.57 bits per heavy atom. The molecule has 1 N–H and O–H groups in total. The number of rotatable bonds is 2. The van der Waals surface area contributed by atoms with Crippen LogP contribution >= 0.6 is 0 Å². The summed E-state index contributed by atoms with van der Waals surface area (Å²) in [5.74, 6) is 0. The van der Waals surface area contributed by atoms with Crippen LogP contribution in [0.5, 0.6) is 0 Å². The molecule has 3 rings (SSSR count). The minimum Gasteiger partial charge on any atom is -0.444 e. The number of hydrogen-bond donors (Lipinski definition) is 1. The summed E-state index contributed by atoms with van der Waals surface area (Å²) in [5, 5.41) is 10.3. The highest BCUT2D eigenvalue weighted by Gasteiger charge is 2.49. The van der Waals surface area contributed by atoms with Crippen LogP contribution in [-0.4, -0.2) is 57.9 Å². The van der Waals surface area contributed by atoms with Gasteiger partial charge in [-0.25, -0.2) is 4.79 Å². The van der Waals surface area contributed by atoms with E-state index in [2.05, 4.69) is 17.0 Å². The normalized spacial score (nSPS) is 28.0. The molecule has 126 valence electrons. The Labute approximate surface area is 137 Å². The van der Waals surface area contributed by atoms with Crippen LogP contribution in [0.2, 0.25) is 0 Å². The Balaban J connectivity index is 1.68. The third-order valence-corrected chi connectivity index (χ3v) is 4.48. The molecule has 1 aromatic rings. The second-order valence-electron chi connectivity index (χ2n) is 7.59. The quantitative estimate of drug-likeness (QED) is 0.908. The molecule has 0 saturated carbocycles. The van der Waals surface area contributed by atoms with E-state index in [-0.39, 0.29) is 18.2 Å². The Hall–Kier alpha value is -1.59. The molecule has 2 aliphatic rings. The Kier molecular flexibility index (Phi) is 4.34. The maximum Gasteiger partial charge on any atom is 0.410 e. The van der Waals surface area contributed by atoms with Crippen molar-refractivity contribution in [2.75, 3.05) is 13.1 Å². The van der Waals surface area contributed by atoms with Crippen LogP contribution in [0.1, 0.15) is 32.8 Å². The number of benzene rings is 1. The lowest BCUT2D eigenvalue weighted by molar-refractivity contribution is -0.0143. The number of fused-ring (bicyclic) bond motifs is 2. The molecule has 2 saturated heterocycles. The van der Waals surface area contributed by atoms with Crippen molar-refractivity contribution in [2.45, 2.75) is 57.5 Å². The van der Waals surface area contributed by atoms with Crippen LogP contribution < -0.4 is 0 Å². The lowest BCUT2D eigenvalue weighted by Gasteiger charge is -2.41. The molecule has 1 aromatic carbocycles. The smallest absolute Gasteiger partial charge is 0.410 e. The number of piperazine rings is 1. The summed E-state index contributed by atoms with van der Waals surface area (Å²) in [4.78, 5) is 16.5. The van der Waals surface area contributed by atoms with Crippen molar-refractivity contribution < 1.29 is 14.6 Å². The number of carbonyl (C=O) groups excluding carboxylic acids is 1. The largest absolute Gasteiger partial charge is 0.444 e. The topological polar surface area (TPSA) is 53.0 Å². The van der Waals surface area contributed by atoms with Gasteiger partial charge in [-0.3, -0.25) is 9.80 Å². The molecule has 0 radical (unpaired) electrons. The van der Waals surface area contributed by atoms with Crippen LogP contribution in [0.4, 0.5) is 4.79 Å². The van der Waals surface area contributed by atoms with E-state index in [1.165, 1.54) is 5.56 Å². The van der Waals surface area contributed by atoms with Gasteiger partial charge in [0.15, 0.2) is 0 Å². The maximum atomic E-state index is 12.5. The second-order valence-corrected chi connectivity index (χ2v) is 7.59. The first-order valence-electron chi connectivity index (χ1n) is 8.29. The number of aliphatic hydroxyl groups excluding tert-OH is 1. The summed E-state index contributed by atoms with van der Waals surface area (Å²) in [7, 11) is 0. The zero-order chi connectivity index (χ0) is 16.6. The van der Waals surface area contributed by atoms with Gasteiger partial charge in [-0.05, 0) is 32.8 Å². The molecule has 2 aliphatic heterocycles. The van der Waals surface area contributed by atoms with Gasteiger partial charge in [0.05, 0.1) is 18.2 Å². The van der Waals surface area contributed by atoms with Gasteiger partial charge in [-0.2, -0.15) is 0 Å². The van der Waals surface area contributed by atoms with Crippen molar-refractivity contribution in [1.29, 1.82) is 0 Å². The van der Waals surface area contributed by atoms with Gasteiger partial charge in [0.2, 0.25) is 0 Å². The second kappa shape index (κ2) is 6.13. The number of hydrogen-bond acceptors (Lipinski definition) is 4. The molecule has 0 aliphatic carbocycles. The lowest BCUT2D eigenvalue weighted by Crippen LogP contribution is -2.57. The highest BCUT2D eigenvalue weighted by molar-refractivity contribution is 5.70. The summed E-state index contributed by atoms with van der Waals surface area (Å²) in [6.07, 6.45) is -0.133. The average Bonchev–Trinajstić information content (AvgIpc) is 2.65. The first-order chi connectivity index (χ1) is 10.8. The molecular formula is C18H26N2O3. The number of ether oxygens (including phenoxy) is 1. The fraction of sp³-hybridized carbons (Fsp3) is 0.611. The molecule has 2 heterocycles. The zero-order valence-electron chi connectivity index (χ0n) is 14.1. The minimum atomic E-state index is -0.511. The number of likely N-dealkylation sites (tertiary alicyclic amines) is 1. The van der Waals surface area contributed by atoms with Crippen molar-refractivity contribution in [3.63, 3.8) is 0 Å². The third kappa shape index (κ3) is 3.67. The molecule has 3 atom stereocenters. The Morgan fingerprint density at radius 2 is 1.96 bits per heavy atom. The van der Waals surface area contributed by atoms with E-state index in [1.54, 1.807) is 4.90 Å². The van der Waals surface area contributed by atoms with Gasteiger partial charge in [0.1, 0.15) is 5.60 Å². The third-order valence-electron chi connectivity index (χ3n) is 4.48. The molecule has 2 fully saturated rings. The van der Waals surface area contributed by atoms with Gasteiger partial charge >= 0.3 is 6.09 Å². The van der Waals surface area contributed by atoms with Gasteiger partial charge in [0.25, 0.3) is 0 Å². The first kappa shape index (κ1) is 16.3. The van der Waals surface area contributed by atoms with Gasteiger partial charge < -0.3 is 9.84 Å². The molecular weight excluding hydrogens is 292 g/mol. The van der Waals surface area contributed by atoms with Crippen LogP contribution in [0.25, 0.3) is 0 Å². The number of amides is 1. The molecule has 3 unspecified atom stereocenters. The van der Waals surface area contributed by atoms with Crippen LogP contribution in [-0.2, 0) is 11.3 Å². The van der Waals surface area contributed by atoms with E-state index in [0.717, 1.165) is 13.1 Å². The summed E-state index contributed by atoms with van der Waals surface area (Å²) < 4.78 is 5.52. The van der Waals surface area contributed by atoms with E-state index >= 15 is 0 Å². The minimum absolute atomic E-state index is 0.0299. The monoisotopic (exact) mass is 318 g/mol. The van der Waals surface area contributed by atoms with Crippen molar-refractivity contribution in [3.8, 4) is 0 Å². The molecule has 23 heavy (non-hydrogen) atoms. The summed E-state index contributed by atoms with van der Waals surface area (Å²) in [6.45, 7) is 7.93. The number of nitrogens with zero attached hydrogens (tertiary/aromatic N) is 2. The number of carbonyl (C=O) groups is 1. The summed E-state index contributed by atoms with van der Waals surface area (Å²) in [6, 6.07) is 10.2. The fourth-order valence-corrected chi connectivity index (χ4v) is 3.58. The van der Waals surface area contributed by atoms with Crippen molar-refractivity contribution in [2.24, 2.45) is 0 Å². The highest BCUT2D eigenvalue weighted by Crippen LogP contribution is 2.32. The average molecular weight is 318 g/mol. The van der Waals surface area contributed by atoms with Crippen molar-refractivity contribution in [1.82, 2.24) is 9.80 Å². The van der Waals surface area contributed by atoms with Gasteiger partial charge in [0, 0.05) is 19.6 Å². The molecule has 2 bridgehead atoms. The van der Waals surface area contributed by atoms with E-state index in [9.17, 15) is 9.90 Å². The Bertz CT molecular complexity index is 555. The van der Waals surface area contributed by atoms with E-state index in [1.807, 2.05) is 39.0 Å². The first-order valence-corrected chi connectivity index (χ1v) is 8.29. The summed E-state index contributed by atoms with van der Waals surface area (Å²) in [5.41, 5.74) is 0.745. The SMILES string of the molecule is CC(C)(C)OC(=O)N1C2CC(O)C1CN(Cc1ccccc1)C2. The molecule has 5 nitrogen and oxygen atoms in total. The van der Waals surface area contributed by atoms with E-state index in [0.29, 0.717) is 13.0 Å². The zero-order valence-corrected chi connectivity index (χ0v) is 14.1. The lowest BCUT2D eigenvalue weighted by atomic mass is 10.1. The number of aliphatic hydroxyl groups is 1. The van der Waals surface area contributed by atoms with Crippen molar-refractivity contribution in [3.05, 3.63) is 35.9 Å². The predicted molar refractivity (Wildman–Crippen MR) is 88.0 cm³/mol. The molecule has 5 heteroatoms. The summed E-state index contributed by atoms with van der Waals surface area (Å²) >= 11 is 0.